The van der Waals surface area contributed by atoms with Crippen molar-refractivity contribution in [3.63, 3.8) is 0 Å². The van der Waals surface area contributed by atoms with Crippen molar-refractivity contribution in [2.75, 3.05) is 25.0 Å². The van der Waals surface area contributed by atoms with E-state index in [1.54, 1.807) is 19.2 Å². The highest BCUT2D eigenvalue weighted by Crippen LogP contribution is 2.16. The summed E-state index contributed by atoms with van der Waals surface area (Å²) in [5.74, 6) is 0.368. The standard InChI is InChI=1S/C16H21N3O4/c1-2-23-15(20)6-4-12-3-5-14(17-11-12)18-13-7-9-19(10-8-13)16(21)22/h3-6,11,13H,2,7-10H2,1H3,(H,17,18)(H,21,22). The second-order valence-electron chi connectivity index (χ2n) is 5.25. The van der Waals surface area contributed by atoms with Crippen LogP contribution in [-0.4, -0.2) is 52.8 Å². The molecular formula is C16H21N3O4. The number of carbonyl (C=O) groups is 2. The number of amides is 1. The highest BCUT2D eigenvalue weighted by atomic mass is 16.5. The molecule has 2 heterocycles. The van der Waals surface area contributed by atoms with Gasteiger partial charge in [-0.3, -0.25) is 0 Å². The molecule has 1 aliphatic heterocycles. The Hall–Kier alpha value is -2.57. The van der Waals surface area contributed by atoms with Crippen LogP contribution in [-0.2, 0) is 9.53 Å². The maximum absolute atomic E-state index is 11.2. The Morgan fingerprint density at radius 2 is 2.17 bits per heavy atom. The molecule has 0 radical (unpaired) electrons. The van der Waals surface area contributed by atoms with Gasteiger partial charge in [-0.25, -0.2) is 14.6 Å². The summed E-state index contributed by atoms with van der Waals surface area (Å²) in [6.45, 7) is 3.18. The second kappa shape index (κ2) is 8.17. The van der Waals surface area contributed by atoms with Gasteiger partial charge in [-0.1, -0.05) is 0 Å². The molecule has 0 aromatic carbocycles. The number of nitrogens with zero attached hydrogens (tertiary/aromatic N) is 2. The lowest BCUT2D eigenvalue weighted by molar-refractivity contribution is -0.137. The normalized spacial score (nSPS) is 15.6. The van der Waals surface area contributed by atoms with Gasteiger partial charge in [0.05, 0.1) is 6.61 Å². The van der Waals surface area contributed by atoms with Crippen molar-refractivity contribution in [3.8, 4) is 0 Å². The number of ether oxygens (including phenoxy) is 1. The van der Waals surface area contributed by atoms with Crippen LogP contribution in [0, 0.1) is 0 Å². The van der Waals surface area contributed by atoms with Crippen molar-refractivity contribution in [2.45, 2.75) is 25.8 Å². The molecule has 124 valence electrons. The lowest BCUT2D eigenvalue weighted by Crippen LogP contribution is -2.41. The minimum Gasteiger partial charge on any atom is -0.465 e. The number of anilines is 1. The van der Waals surface area contributed by atoms with Crippen LogP contribution >= 0.6 is 0 Å². The van der Waals surface area contributed by atoms with Gasteiger partial charge in [-0.15, -0.1) is 0 Å². The highest BCUT2D eigenvalue weighted by molar-refractivity contribution is 5.86. The van der Waals surface area contributed by atoms with Gasteiger partial charge in [0, 0.05) is 31.4 Å². The molecule has 0 aliphatic carbocycles. The molecule has 7 nitrogen and oxygen atoms in total. The molecule has 23 heavy (non-hydrogen) atoms. The molecule has 1 saturated heterocycles. The first-order valence-corrected chi connectivity index (χ1v) is 7.63. The van der Waals surface area contributed by atoms with E-state index in [0.29, 0.717) is 19.7 Å². The van der Waals surface area contributed by atoms with Gasteiger partial charge in [0.25, 0.3) is 0 Å². The van der Waals surface area contributed by atoms with Crippen molar-refractivity contribution < 1.29 is 19.4 Å². The fourth-order valence-electron chi connectivity index (χ4n) is 2.37. The molecule has 2 N–H and O–H groups in total. The van der Waals surface area contributed by atoms with Gasteiger partial charge in [0.1, 0.15) is 5.82 Å². The van der Waals surface area contributed by atoms with E-state index in [0.717, 1.165) is 24.2 Å². The molecular weight excluding hydrogens is 298 g/mol. The van der Waals surface area contributed by atoms with Gasteiger partial charge >= 0.3 is 12.1 Å². The predicted molar refractivity (Wildman–Crippen MR) is 86.1 cm³/mol. The third-order valence-electron chi connectivity index (χ3n) is 3.60. The molecule has 1 fully saturated rings. The van der Waals surface area contributed by atoms with E-state index in [9.17, 15) is 9.59 Å². The second-order valence-corrected chi connectivity index (χ2v) is 5.25. The molecule has 1 amide bonds. The zero-order valence-corrected chi connectivity index (χ0v) is 13.1. The van der Waals surface area contributed by atoms with Crippen molar-refractivity contribution in [1.29, 1.82) is 0 Å². The minimum absolute atomic E-state index is 0.221. The first-order chi connectivity index (χ1) is 11.1. The third kappa shape index (κ3) is 5.28. The molecule has 0 saturated carbocycles. The Bertz CT molecular complexity index is 563. The average Bonchev–Trinajstić information content (AvgIpc) is 2.55. The van der Waals surface area contributed by atoms with E-state index in [2.05, 4.69) is 10.3 Å². The van der Waals surface area contributed by atoms with Crippen molar-refractivity contribution >= 4 is 24.0 Å². The molecule has 0 atom stereocenters. The van der Waals surface area contributed by atoms with E-state index in [-0.39, 0.29) is 12.0 Å². The summed E-state index contributed by atoms with van der Waals surface area (Å²) in [6, 6.07) is 3.92. The Labute approximate surface area is 135 Å². The lowest BCUT2D eigenvalue weighted by atomic mass is 10.1. The first kappa shape index (κ1) is 16.8. The van der Waals surface area contributed by atoms with Crippen LogP contribution in [0.1, 0.15) is 25.3 Å². The maximum Gasteiger partial charge on any atom is 0.407 e. The van der Waals surface area contributed by atoms with Crippen LogP contribution in [0.2, 0.25) is 0 Å². The Morgan fingerprint density at radius 1 is 1.43 bits per heavy atom. The zero-order chi connectivity index (χ0) is 16.7. The van der Waals surface area contributed by atoms with E-state index in [1.807, 2.05) is 12.1 Å². The van der Waals surface area contributed by atoms with E-state index in [4.69, 9.17) is 9.84 Å². The summed E-state index contributed by atoms with van der Waals surface area (Å²) in [6.07, 6.45) is 5.36. The SMILES string of the molecule is CCOC(=O)C=Cc1ccc(NC2CCN(C(=O)O)CC2)nc1. The average molecular weight is 319 g/mol. The van der Waals surface area contributed by atoms with Crippen LogP contribution in [0.25, 0.3) is 6.08 Å². The number of aromatic nitrogens is 1. The number of carboxylic acid groups (broad SMARTS) is 1. The molecule has 2 rings (SSSR count). The zero-order valence-electron chi connectivity index (χ0n) is 13.1. The number of hydrogen-bond acceptors (Lipinski definition) is 5. The number of piperidine rings is 1. The van der Waals surface area contributed by atoms with Gasteiger partial charge in [-0.2, -0.15) is 0 Å². The summed E-state index contributed by atoms with van der Waals surface area (Å²) in [7, 11) is 0. The number of pyridine rings is 1. The van der Waals surface area contributed by atoms with Crippen LogP contribution in [0.4, 0.5) is 10.6 Å². The number of hydrogen-bond donors (Lipinski definition) is 2. The van der Waals surface area contributed by atoms with Crippen LogP contribution in [0.3, 0.4) is 0 Å². The number of esters is 1. The molecule has 0 spiro atoms. The lowest BCUT2D eigenvalue weighted by Gasteiger charge is -2.30. The van der Waals surface area contributed by atoms with E-state index < -0.39 is 6.09 Å². The van der Waals surface area contributed by atoms with Crippen molar-refractivity contribution in [2.24, 2.45) is 0 Å². The van der Waals surface area contributed by atoms with Crippen molar-refractivity contribution in [3.05, 3.63) is 30.0 Å². The summed E-state index contributed by atoms with van der Waals surface area (Å²) < 4.78 is 4.81. The Morgan fingerprint density at radius 3 is 2.74 bits per heavy atom. The quantitative estimate of drug-likeness (QED) is 0.638. The summed E-state index contributed by atoms with van der Waals surface area (Å²) in [4.78, 5) is 27.8. The predicted octanol–water partition coefficient (Wildman–Crippen LogP) is 2.21. The molecule has 0 unspecified atom stereocenters. The third-order valence-corrected chi connectivity index (χ3v) is 3.60. The number of likely N-dealkylation sites (tertiary alicyclic amines) is 1. The van der Waals surface area contributed by atoms with Gasteiger partial charge in [-0.05, 0) is 43.5 Å². The number of nitrogens with one attached hydrogen (secondary N) is 1. The monoisotopic (exact) mass is 319 g/mol. The van der Waals surface area contributed by atoms with Crippen LogP contribution in [0.15, 0.2) is 24.4 Å². The van der Waals surface area contributed by atoms with Gasteiger partial charge in [0.15, 0.2) is 0 Å². The van der Waals surface area contributed by atoms with E-state index in [1.165, 1.54) is 11.0 Å². The topological polar surface area (TPSA) is 91.8 Å². The largest absolute Gasteiger partial charge is 0.465 e. The Balaban J connectivity index is 1.84. The molecule has 1 aromatic heterocycles. The van der Waals surface area contributed by atoms with Crippen molar-refractivity contribution in [1.82, 2.24) is 9.88 Å². The van der Waals surface area contributed by atoms with Gasteiger partial charge in [0.2, 0.25) is 0 Å². The number of carbonyl (C=O) groups excluding carboxylic acids is 1. The summed E-state index contributed by atoms with van der Waals surface area (Å²) >= 11 is 0. The van der Waals surface area contributed by atoms with E-state index >= 15 is 0 Å². The molecule has 0 bridgehead atoms. The first-order valence-electron chi connectivity index (χ1n) is 7.63. The smallest absolute Gasteiger partial charge is 0.407 e. The summed E-state index contributed by atoms with van der Waals surface area (Å²) in [5.41, 5.74) is 0.810. The molecule has 1 aromatic rings. The summed E-state index contributed by atoms with van der Waals surface area (Å²) in [5, 5.41) is 12.2. The van der Waals surface area contributed by atoms with Gasteiger partial charge < -0.3 is 20.1 Å². The van der Waals surface area contributed by atoms with Crippen LogP contribution < -0.4 is 5.32 Å². The minimum atomic E-state index is -0.862. The fourth-order valence-corrected chi connectivity index (χ4v) is 2.37. The highest BCUT2D eigenvalue weighted by Gasteiger charge is 2.22. The van der Waals surface area contributed by atoms with Crippen LogP contribution in [0.5, 0.6) is 0 Å². The molecule has 7 heteroatoms. The molecule has 1 aliphatic rings. The Kier molecular flexibility index (Phi) is 5.96. The maximum atomic E-state index is 11.2. The fraction of sp³-hybridized carbons (Fsp3) is 0.438. The number of rotatable bonds is 5.